The maximum absolute atomic E-state index is 13.5. The molecule has 0 unspecified atom stereocenters. The van der Waals surface area contributed by atoms with Crippen molar-refractivity contribution < 1.29 is 13.2 Å². The molecule has 3 aromatic rings. The van der Waals surface area contributed by atoms with Crippen molar-refractivity contribution in [2.45, 2.75) is 18.0 Å². The van der Waals surface area contributed by atoms with Crippen LogP contribution < -0.4 is 4.31 Å². The van der Waals surface area contributed by atoms with Crippen LogP contribution in [0.1, 0.15) is 21.5 Å². The van der Waals surface area contributed by atoms with E-state index in [1.807, 2.05) is 6.07 Å². The van der Waals surface area contributed by atoms with E-state index in [0.717, 1.165) is 17.5 Å². The van der Waals surface area contributed by atoms with E-state index in [4.69, 9.17) is 11.6 Å². The number of hydrogen-bond donors (Lipinski definition) is 0. The van der Waals surface area contributed by atoms with E-state index in [-0.39, 0.29) is 17.5 Å². The molecule has 0 radical (unpaired) electrons. The number of aromatic nitrogens is 2. The van der Waals surface area contributed by atoms with Crippen LogP contribution in [0.3, 0.4) is 0 Å². The zero-order valence-electron chi connectivity index (χ0n) is 16.6. The van der Waals surface area contributed by atoms with E-state index in [0.29, 0.717) is 22.8 Å². The van der Waals surface area contributed by atoms with Gasteiger partial charge in [0.15, 0.2) is 5.03 Å². The third-order valence-corrected chi connectivity index (χ3v) is 7.08. The first-order valence-corrected chi connectivity index (χ1v) is 11.2. The third-order valence-electron chi connectivity index (χ3n) is 5.16. The van der Waals surface area contributed by atoms with Crippen molar-refractivity contribution in [1.82, 2.24) is 14.7 Å². The van der Waals surface area contributed by atoms with Crippen LogP contribution in [0, 0.1) is 0 Å². The Morgan fingerprint density at radius 3 is 2.50 bits per heavy atom. The maximum Gasteiger partial charge on any atom is 0.283 e. The van der Waals surface area contributed by atoms with Gasteiger partial charge >= 0.3 is 0 Å². The highest BCUT2D eigenvalue weighted by atomic mass is 35.5. The van der Waals surface area contributed by atoms with E-state index < -0.39 is 10.0 Å². The largest absolute Gasteiger partial charge is 0.341 e. The van der Waals surface area contributed by atoms with Crippen LogP contribution >= 0.6 is 11.6 Å². The highest BCUT2D eigenvalue weighted by Crippen LogP contribution is 2.29. The summed E-state index contributed by atoms with van der Waals surface area (Å²) in [4.78, 5) is 14.3. The molecule has 9 heteroatoms. The summed E-state index contributed by atoms with van der Waals surface area (Å²) in [6.07, 6.45) is 2.32. The van der Waals surface area contributed by atoms with Gasteiger partial charge in [-0.1, -0.05) is 29.8 Å². The van der Waals surface area contributed by atoms with Gasteiger partial charge in [-0.2, -0.15) is 13.5 Å². The first-order valence-electron chi connectivity index (χ1n) is 9.41. The monoisotopic (exact) mass is 444 g/mol. The van der Waals surface area contributed by atoms with E-state index in [9.17, 15) is 13.2 Å². The maximum atomic E-state index is 13.5. The summed E-state index contributed by atoms with van der Waals surface area (Å²) < 4.78 is 29.6. The summed E-state index contributed by atoms with van der Waals surface area (Å²) in [5, 5.41) is 4.60. The Morgan fingerprint density at radius 1 is 1.10 bits per heavy atom. The van der Waals surface area contributed by atoms with Crippen LogP contribution in [0.15, 0.2) is 59.8 Å². The highest BCUT2D eigenvalue weighted by Gasteiger charge is 2.30. The van der Waals surface area contributed by atoms with Crippen LogP contribution in [0.4, 0.5) is 5.69 Å². The average Bonchev–Trinajstić information content (AvgIpc) is 3.17. The van der Waals surface area contributed by atoms with Gasteiger partial charge < -0.3 is 4.90 Å². The molecule has 1 aromatic heterocycles. The summed E-state index contributed by atoms with van der Waals surface area (Å²) in [7, 11) is -0.549. The third kappa shape index (κ3) is 3.80. The summed E-state index contributed by atoms with van der Waals surface area (Å²) in [5.41, 5.74) is 2.63. The van der Waals surface area contributed by atoms with Gasteiger partial charge in [0.25, 0.3) is 15.9 Å². The lowest BCUT2D eigenvalue weighted by Gasteiger charge is -2.28. The Balaban J connectivity index is 1.81. The van der Waals surface area contributed by atoms with Gasteiger partial charge in [-0.3, -0.25) is 13.8 Å². The Labute approximate surface area is 180 Å². The number of halogens is 1. The van der Waals surface area contributed by atoms with Crippen molar-refractivity contribution in [3.8, 4) is 0 Å². The van der Waals surface area contributed by atoms with Gasteiger partial charge in [0, 0.05) is 37.4 Å². The van der Waals surface area contributed by atoms with E-state index in [1.165, 1.54) is 15.1 Å². The molecule has 0 N–H and O–H groups in total. The van der Waals surface area contributed by atoms with E-state index >= 15 is 0 Å². The zero-order valence-corrected chi connectivity index (χ0v) is 18.2. The Morgan fingerprint density at radius 2 is 1.83 bits per heavy atom. The molecular formula is C21H21ClN4O3S. The molecule has 0 atom stereocenters. The number of rotatable bonds is 5. The second-order valence-electron chi connectivity index (χ2n) is 7.28. The number of sulfonamides is 1. The van der Waals surface area contributed by atoms with Gasteiger partial charge in [-0.05, 0) is 47.9 Å². The molecule has 7 nitrogen and oxygen atoms in total. The van der Waals surface area contributed by atoms with Crippen molar-refractivity contribution in [1.29, 1.82) is 0 Å². The molecule has 0 spiro atoms. The molecule has 0 saturated heterocycles. The second-order valence-corrected chi connectivity index (χ2v) is 9.53. The molecule has 2 heterocycles. The number of hydrogen-bond acceptors (Lipinski definition) is 4. The number of amides is 1. The molecule has 156 valence electrons. The number of benzene rings is 2. The molecule has 0 bridgehead atoms. The Hall–Kier alpha value is -2.84. The predicted octanol–water partition coefficient (Wildman–Crippen LogP) is 3.10. The van der Waals surface area contributed by atoms with E-state index in [1.54, 1.807) is 61.6 Å². The van der Waals surface area contributed by atoms with Gasteiger partial charge in [0.1, 0.15) is 0 Å². The predicted molar refractivity (Wildman–Crippen MR) is 115 cm³/mol. The number of anilines is 1. The number of likely N-dealkylation sites (N-methyl/N-ethyl adjacent to an activating group) is 1. The van der Waals surface area contributed by atoms with Gasteiger partial charge in [-0.15, -0.1) is 0 Å². The lowest BCUT2D eigenvalue weighted by Crippen LogP contribution is -2.35. The van der Waals surface area contributed by atoms with Gasteiger partial charge in [0.2, 0.25) is 0 Å². The second kappa shape index (κ2) is 7.77. The minimum absolute atomic E-state index is 0.0554. The van der Waals surface area contributed by atoms with Crippen molar-refractivity contribution in [2.75, 3.05) is 17.9 Å². The molecule has 1 aliphatic rings. The summed E-state index contributed by atoms with van der Waals surface area (Å²) in [6.45, 7) is 0.727. The standard InChI is InChI=1S/C21H21ClN4O3S/c1-24-11-9-16-5-8-18(13-19(16)21(24)27)26(14-15-3-6-17(22)7-4-15)30(28,29)20-10-12-25(2)23-20/h3-8,10,12-13H,9,11,14H2,1-2H3. The van der Waals surface area contributed by atoms with Crippen LogP contribution in [0.5, 0.6) is 0 Å². The number of carbonyl (C=O) groups is 1. The van der Waals surface area contributed by atoms with Crippen LogP contribution in [0.25, 0.3) is 0 Å². The molecule has 30 heavy (non-hydrogen) atoms. The van der Waals surface area contributed by atoms with Crippen molar-refractivity contribution in [3.63, 3.8) is 0 Å². The minimum Gasteiger partial charge on any atom is -0.341 e. The van der Waals surface area contributed by atoms with E-state index in [2.05, 4.69) is 5.10 Å². The fraction of sp³-hybridized carbons (Fsp3) is 0.238. The van der Waals surface area contributed by atoms with Crippen molar-refractivity contribution >= 4 is 33.2 Å². The van der Waals surface area contributed by atoms with Gasteiger partial charge in [-0.25, -0.2) is 0 Å². The summed E-state index contributed by atoms with van der Waals surface area (Å²) >= 11 is 5.98. The smallest absolute Gasteiger partial charge is 0.283 e. The molecular weight excluding hydrogens is 424 g/mol. The highest BCUT2D eigenvalue weighted by molar-refractivity contribution is 7.92. The lowest BCUT2D eigenvalue weighted by molar-refractivity contribution is 0.0781. The summed E-state index contributed by atoms with van der Waals surface area (Å²) in [6, 6.07) is 13.7. The van der Waals surface area contributed by atoms with Gasteiger partial charge in [0.05, 0.1) is 12.2 Å². The number of carbonyl (C=O) groups excluding carboxylic acids is 1. The molecule has 0 fully saturated rings. The molecule has 2 aromatic carbocycles. The number of nitrogens with zero attached hydrogens (tertiary/aromatic N) is 4. The Bertz CT molecular complexity index is 1210. The minimum atomic E-state index is -3.96. The van der Waals surface area contributed by atoms with Crippen molar-refractivity contribution in [3.05, 3.63) is 76.4 Å². The quantitative estimate of drug-likeness (QED) is 0.606. The summed E-state index contributed by atoms with van der Waals surface area (Å²) in [5.74, 6) is -0.111. The van der Waals surface area contributed by atoms with Crippen molar-refractivity contribution in [2.24, 2.45) is 7.05 Å². The Kier molecular flexibility index (Phi) is 5.29. The fourth-order valence-corrected chi connectivity index (χ4v) is 4.97. The first-order chi connectivity index (χ1) is 14.3. The molecule has 1 aliphatic heterocycles. The SMILES string of the molecule is CN1CCc2ccc(N(Cc3ccc(Cl)cc3)S(=O)(=O)c3ccn(C)n3)cc2C1=O. The van der Waals surface area contributed by atoms with Crippen LogP contribution in [-0.2, 0) is 30.0 Å². The fourth-order valence-electron chi connectivity index (χ4n) is 3.45. The van der Waals surface area contributed by atoms with Crippen LogP contribution in [0.2, 0.25) is 5.02 Å². The molecule has 1 amide bonds. The zero-order chi connectivity index (χ0) is 21.5. The lowest BCUT2D eigenvalue weighted by atomic mass is 9.98. The number of aryl methyl sites for hydroxylation is 1. The average molecular weight is 445 g/mol. The molecule has 0 aliphatic carbocycles. The number of fused-ring (bicyclic) bond motifs is 1. The molecule has 4 rings (SSSR count). The molecule has 0 saturated carbocycles. The first kappa shape index (κ1) is 20.4. The normalized spacial score (nSPS) is 14.0. The topological polar surface area (TPSA) is 75.5 Å². The van der Waals surface area contributed by atoms with Crippen LogP contribution in [-0.4, -0.2) is 42.6 Å².